The summed E-state index contributed by atoms with van der Waals surface area (Å²) in [7, 11) is -8.13. The molecule has 0 fully saturated rings. The Balaban J connectivity index is 3.49. The summed E-state index contributed by atoms with van der Waals surface area (Å²) in [6.07, 6.45) is 0. The smallest absolute Gasteiger partial charge is 0.273 e. The first-order valence-electron chi connectivity index (χ1n) is 6.43. The maximum atomic E-state index is 11.9. The number of rotatable bonds is 7. The van der Waals surface area contributed by atoms with E-state index in [1.54, 1.807) is 0 Å². The van der Waals surface area contributed by atoms with Crippen LogP contribution in [0.25, 0.3) is 0 Å². The Hall–Kier alpha value is -1.56. The van der Waals surface area contributed by atoms with Crippen molar-refractivity contribution in [2.24, 2.45) is 0 Å². The lowest BCUT2D eigenvalue weighted by atomic mass is 10.1. The third-order valence-electron chi connectivity index (χ3n) is 3.19. The molecule has 2 N–H and O–H groups in total. The van der Waals surface area contributed by atoms with Gasteiger partial charge in [-0.1, -0.05) is 12.1 Å². The van der Waals surface area contributed by atoms with E-state index in [1.807, 2.05) is 0 Å². The molecular formula is C12H17NO8S2. The highest BCUT2D eigenvalue weighted by Crippen LogP contribution is 2.27. The van der Waals surface area contributed by atoms with E-state index in [9.17, 15) is 37.2 Å². The number of hydrogen-bond acceptors (Lipinski definition) is 8. The van der Waals surface area contributed by atoms with Gasteiger partial charge in [0, 0.05) is 11.6 Å². The highest BCUT2D eigenvalue weighted by molar-refractivity contribution is 7.91. The second-order valence-corrected chi connectivity index (χ2v) is 9.58. The van der Waals surface area contributed by atoms with E-state index in [2.05, 4.69) is 0 Å². The number of aliphatic hydroxyl groups excluding tert-OH is 2. The minimum absolute atomic E-state index is 0.107. The maximum absolute atomic E-state index is 11.9. The van der Waals surface area contributed by atoms with Gasteiger partial charge in [-0.05, 0) is 19.4 Å². The van der Waals surface area contributed by atoms with Gasteiger partial charge in [-0.25, -0.2) is 16.8 Å². The SMILES string of the molecule is CC(O)S(=O)(=O)Cc1cccc([N+](=O)[O-])c1CS(=O)(=O)C(C)O. The van der Waals surface area contributed by atoms with Crippen LogP contribution >= 0.6 is 0 Å². The first-order valence-corrected chi connectivity index (χ1v) is 9.86. The molecule has 1 rings (SSSR count). The molecule has 0 aromatic heterocycles. The van der Waals surface area contributed by atoms with Crippen molar-refractivity contribution in [3.8, 4) is 0 Å². The van der Waals surface area contributed by atoms with Gasteiger partial charge in [-0.2, -0.15) is 0 Å². The summed E-state index contributed by atoms with van der Waals surface area (Å²) in [5.74, 6) is -1.64. The molecule has 1 aromatic carbocycles. The van der Waals surface area contributed by atoms with E-state index in [0.717, 1.165) is 19.9 Å². The predicted octanol–water partition coefficient (Wildman–Crippen LogP) is 0.101. The Kier molecular flexibility index (Phi) is 5.85. The fourth-order valence-corrected chi connectivity index (χ4v) is 3.68. The van der Waals surface area contributed by atoms with Gasteiger partial charge < -0.3 is 10.2 Å². The van der Waals surface area contributed by atoms with Crippen LogP contribution in [0.5, 0.6) is 0 Å². The van der Waals surface area contributed by atoms with Gasteiger partial charge in [-0.15, -0.1) is 0 Å². The van der Waals surface area contributed by atoms with E-state index in [1.165, 1.54) is 12.1 Å². The topological polar surface area (TPSA) is 152 Å². The van der Waals surface area contributed by atoms with Crippen molar-refractivity contribution in [1.29, 1.82) is 0 Å². The minimum atomic E-state index is -4.11. The second kappa shape index (κ2) is 6.91. The molecule has 23 heavy (non-hydrogen) atoms. The zero-order valence-electron chi connectivity index (χ0n) is 12.4. The molecule has 9 nitrogen and oxygen atoms in total. The van der Waals surface area contributed by atoms with Gasteiger partial charge in [0.1, 0.15) is 0 Å². The number of sulfone groups is 2. The van der Waals surface area contributed by atoms with Crippen LogP contribution in [-0.4, -0.2) is 42.8 Å². The summed E-state index contributed by atoms with van der Waals surface area (Å²) < 4.78 is 47.3. The molecule has 0 radical (unpaired) electrons. The summed E-state index contributed by atoms with van der Waals surface area (Å²) in [5.41, 5.74) is -4.45. The monoisotopic (exact) mass is 367 g/mol. The molecule has 0 aliphatic heterocycles. The molecule has 1 aromatic rings. The van der Waals surface area contributed by atoms with Crippen molar-refractivity contribution in [3.63, 3.8) is 0 Å². The molecule has 0 heterocycles. The summed E-state index contributed by atoms with van der Waals surface area (Å²) in [4.78, 5) is 10.3. The third kappa shape index (κ3) is 4.70. The quantitative estimate of drug-likeness (QED) is 0.508. The lowest BCUT2D eigenvalue weighted by molar-refractivity contribution is -0.385. The van der Waals surface area contributed by atoms with Crippen LogP contribution in [0.3, 0.4) is 0 Å². The van der Waals surface area contributed by atoms with Crippen LogP contribution < -0.4 is 0 Å². The highest BCUT2D eigenvalue weighted by Gasteiger charge is 2.29. The number of nitro benzene ring substituents is 1. The van der Waals surface area contributed by atoms with Crippen LogP contribution in [0, 0.1) is 10.1 Å². The molecule has 2 unspecified atom stereocenters. The Labute approximate surface area is 133 Å². The zero-order valence-corrected chi connectivity index (χ0v) is 14.0. The van der Waals surface area contributed by atoms with Crippen molar-refractivity contribution >= 4 is 25.4 Å². The first kappa shape index (κ1) is 19.5. The molecule has 0 amide bonds. The molecule has 0 bridgehead atoms. The van der Waals surface area contributed by atoms with Gasteiger partial charge in [0.25, 0.3) is 5.69 Å². The molecule has 0 spiro atoms. The molecule has 0 saturated heterocycles. The van der Waals surface area contributed by atoms with Crippen molar-refractivity contribution in [2.45, 2.75) is 36.2 Å². The van der Waals surface area contributed by atoms with Gasteiger partial charge in [0.2, 0.25) is 0 Å². The fourth-order valence-electron chi connectivity index (χ4n) is 1.75. The fraction of sp³-hybridized carbons (Fsp3) is 0.500. The van der Waals surface area contributed by atoms with Crippen LogP contribution in [0.2, 0.25) is 0 Å². The Morgan fingerprint density at radius 3 is 1.96 bits per heavy atom. The average Bonchev–Trinajstić information content (AvgIpc) is 2.39. The molecular weight excluding hydrogens is 350 g/mol. The molecule has 0 saturated carbocycles. The second-order valence-electron chi connectivity index (χ2n) is 4.98. The average molecular weight is 367 g/mol. The molecule has 0 aliphatic rings. The third-order valence-corrected chi connectivity index (χ3v) is 6.67. The number of nitro groups is 1. The first-order chi connectivity index (χ1) is 10.4. The maximum Gasteiger partial charge on any atom is 0.273 e. The van der Waals surface area contributed by atoms with Crippen LogP contribution in [0.4, 0.5) is 5.69 Å². The normalized spacial score (nSPS) is 15.1. The Morgan fingerprint density at radius 2 is 1.52 bits per heavy atom. The number of hydrogen-bond donors (Lipinski definition) is 2. The standard InChI is InChI=1S/C12H17NO8S2/c1-8(14)22(18,19)6-10-4-3-5-12(13(16)17)11(10)7-23(20,21)9(2)15/h3-5,8-9,14-15H,6-7H2,1-2H3. The van der Waals surface area contributed by atoms with E-state index in [4.69, 9.17) is 0 Å². The van der Waals surface area contributed by atoms with Crippen molar-refractivity contribution in [2.75, 3.05) is 0 Å². The van der Waals surface area contributed by atoms with E-state index in [-0.39, 0.29) is 11.1 Å². The van der Waals surface area contributed by atoms with Crippen LogP contribution in [-0.2, 0) is 31.2 Å². The summed E-state index contributed by atoms with van der Waals surface area (Å²) in [6.45, 7) is 2.02. The Morgan fingerprint density at radius 1 is 1.04 bits per heavy atom. The Bertz CT molecular complexity index is 796. The molecule has 11 heteroatoms. The predicted molar refractivity (Wildman–Crippen MR) is 81.7 cm³/mol. The van der Waals surface area contributed by atoms with Crippen molar-refractivity contribution in [3.05, 3.63) is 39.4 Å². The molecule has 130 valence electrons. The van der Waals surface area contributed by atoms with Gasteiger partial charge in [0.15, 0.2) is 30.5 Å². The number of aliphatic hydroxyl groups is 2. The number of nitrogens with zero attached hydrogens (tertiary/aromatic N) is 1. The summed E-state index contributed by atoms with van der Waals surface area (Å²) in [5, 5.41) is 29.6. The van der Waals surface area contributed by atoms with Crippen molar-refractivity contribution < 1.29 is 32.0 Å². The van der Waals surface area contributed by atoms with Crippen LogP contribution in [0.1, 0.15) is 25.0 Å². The van der Waals surface area contributed by atoms with Crippen LogP contribution in [0.15, 0.2) is 18.2 Å². The summed E-state index contributed by atoms with van der Waals surface area (Å²) >= 11 is 0. The van der Waals surface area contributed by atoms with Gasteiger partial charge >= 0.3 is 0 Å². The lowest BCUT2D eigenvalue weighted by Crippen LogP contribution is -2.22. The van der Waals surface area contributed by atoms with Gasteiger partial charge in [-0.3, -0.25) is 10.1 Å². The highest BCUT2D eigenvalue weighted by atomic mass is 32.2. The van der Waals surface area contributed by atoms with E-state index >= 15 is 0 Å². The zero-order chi connectivity index (χ0) is 18.0. The lowest BCUT2D eigenvalue weighted by Gasteiger charge is -2.13. The van der Waals surface area contributed by atoms with E-state index < -0.39 is 52.7 Å². The minimum Gasteiger partial charge on any atom is -0.377 e. The van der Waals surface area contributed by atoms with Crippen molar-refractivity contribution in [1.82, 2.24) is 0 Å². The van der Waals surface area contributed by atoms with E-state index in [0.29, 0.717) is 0 Å². The largest absolute Gasteiger partial charge is 0.377 e. The molecule has 2 atom stereocenters. The molecule has 0 aliphatic carbocycles. The number of benzene rings is 1. The van der Waals surface area contributed by atoms with Gasteiger partial charge in [0.05, 0.1) is 16.4 Å². The summed E-state index contributed by atoms with van der Waals surface area (Å²) in [6, 6.07) is 3.51.